The van der Waals surface area contributed by atoms with Gasteiger partial charge >= 0.3 is 0 Å². The fourth-order valence-electron chi connectivity index (χ4n) is 1.31. The van der Waals surface area contributed by atoms with Gasteiger partial charge in [0.2, 0.25) is 0 Å². The van der Waals surface area contributed by atoms with E-state index >= 15 is 0 Å². The van der Waals surface area contributed by atoms with E-state index in [2.05, 4.69) is 13.8 Å². The third kappa shape index (κ3) is 3.86. The normalized spacial score (nSPS) is 15.9. The van der Waals surface area contributed by atoms with Crippen molar-refractivity contribution < 1.29 is 9.47 Å². The van der Waals surface area contributed by atoms with Crippen LogP contribution in [0.25, 0.3) is 0 Å². The van der Waals surface area contributed by atoms with Gasteiger partial charge in [0.25, 0.3) is 0 Å². The quantitative estimate of drug-likeness (QED) is 0.648. The number of hydrogen-bond acceptors (Lipinski definition) is 2. The maximum atomic E-state index is 5.55. The van der Waals surface area contributed by atoms with Crippen molar-refractivity contribution in [1.82, 2.24) is 0 Å². The van der Waals surface area contributed by atoms with E-state index in [9.17, 15) is 0 Å². The monoisotopic (exact) mass is 196 g/mol. The number of allylic oxidation sites excluding steroid dienone is 4. The molecule has 0 N–H and O–H groups in total. The van der Waals surface area contributed by atoms with Crippen LogP contribution in [0, 0.1) is 0 Å². The van der Waals surface area contributed by atoms with Crippen LogP contribution in [0.1, 0.15) is 39.5 Å². The highest BCUT2D eigenvalue weighted by atomic mass is 16.5. The van der Waals surface area contributed by atoms with Gasteiger partial charge in [0.05, 0.1) is 24.7 Å². The van der Waals surface area contributed by atoms with Crippen molar-refractivity contribution in [3.05, 3.63) is 23.7 Å². The Balaban J connectivity index is 2.31. The molecule has 1 rings (SSSR count). The van der Waals surface area contributed by atoms with Gasteiger partial charge in [-0.25, -0.2) is 0 Å². The third-order valence-electron chi connectivity index (χ3n) is 2.06. The van der Waals surface area contributed by atoms with Gasteiger partial charge < -0.3 is 9.47 Å². The van der Waals surface area contributed by atoms with Crippen molar-refractivity contribution in [3.63, 3.8) is 0 Å². The molecule has 0 spiro atoms. The summed E-state index contributed by atoms with van der Waals surface area (Å²) >= 11 is 0. The first-order valence-corrected chi connectivity index (χ1v) is 5.52. The molecule has 0 radical (unpaired) electrons. The summed E-state index contributed by atoms with van der Waals surface area (Å²) in [5.74, 6) is 2.19. The lowest BCUT2D eigenvalue weighted by Crippen LogP contribution is -2.02. The van der Waals surface area contributed by atoms with E-state index in [-0.39, 0.29) is 0 Å². The van der Waals surface area contributed by atoms with Gasteiger partial charge in [-0.2, -0.15) is 0 Å². The molecule has 0 fully saturated rings. The van der Waals surface area contributed by atoms with Gasteiger partial charge in [0.15, 0.2) is 0 Å². The molecule has 0 heterocycles. The van der Waals surface area contributed by atoms with E-state index in [4.69, 9.17) is 9.47 Å². The summed E-state index contributed by atoms with van der Waals surface area (Å²) < 4.78 is 11.1. The highest BCUT2D eigenvalue weighted by Crippen LogP contribution is 2.20. The average Bonchev–Trinajstić information content (AvgIpc) is 2.25. The van der Waals surface area contributed by atoms with E-state index in [0.717, 1.165) is 50.4 Å². The number of rotatable bonds is 6. The first-order valence-electron chi connectivity index (χ1n) is 5.52. The summed E-state index contributed by atoms with van der Waals surface area (Å²) in [6.07, 6.45) is 8.17. The molecule has 0 aromatic carbocycles. The number of ether oxygens (including phenoxy) is 2. The summed E-state index contributed by atoms with van der Waals surface area (Å²) in [6, 6.07) is 0. The Bertz CT molecular complexity index is 192. The molecule has 0 aliphatic heterocycles. The van der Waals surface area contributed by atoms with Crippen LogP contribution in [0.15, 0.2) is 23.7 Å². The molecule has 80 valence electrons. The van der Waals surface area contributed by atoms with Gasteiger partial charge in [0, 0.05) is 12.8 Å². The summed E-state index contributed by atoms with van der Waals surface area (Å²) in [5, 5.41) is 0. The summed E-state index contributed by atoms with van der Waals surface area (Å²) in [5.41, 5.74) is 0. The van der Waals surface area contributed by atoms with Gasteiger partial charge in [-0.3, -0.25) is 0 Å². The van der Waals surface area contributed by atoms with Gasteiger partial charge in [-0.05, 0) is 25.0 Å². The molecule has 0 atom stereocenters. The molecule has 2 nitrogen and oxygen atoms in total. The highest BCUT2D eigenvalue weighted by Gasteiger charge is 2.07. The highest BCUT2D eigenvalue weighted by molar-refractivity contribution is 5.17. The Morgan fingerprint density at radius 3 is 1.64 bits per heavy atom. The first kappa shape index (κ1) is 11.2. The molecule has 2 heteroatoms. The van der Waals surface area contributed by atoms with Crippen molar-refractivity contribution >= 4 is 0 Å². The van der Waals surface area contributed by atoms with Crippen LogP contribution in [0.5, 0.6) is 0 Å². The third-order valence-corrected chi connectivity index (χ3v) is 2.06. The SMILES string of the molecule is CCCOC1=CC=C(OCCC)CC1. The van der Waals surface area contributed by atoms with E-state index in [1.165, 1.54) is 0 Å². The molecule has 0 amide bonds. The van der Waals surface area contributed by atoms with Crippen LogP contribution < -0.4 is 0 Å². The molecule has 0 aromatic rings. The van der Waals surface area contributed by atoms with Gasteiger partial charge in [-0.15, -0.1) is 0 Å². The van der Waals surface area contributed by atoms with Crippen molar-refractivity contribution in [2.75, 3.05) is 13.2 Å². The summed E-state index contributed by atoms with van der Waals surface area (Å²) in [6.45, 7) is 5.89. The van der Waals surface area contributed by atoms with Crippen LogP contribution >= 0.6 is 0 Å². The lowest BCUT2D eigenvalue weighted by atomic mass is 10.1. The maximum absolute atomic E-state index is 5.55. The second kappa shape index (κ2) is 6.52. The minimum absolute atomic E-state index is 0.824. The predicted molar refractivity (Wildman–Crippen MR) is 57.9 cm³/mol. The van der Waals surface area contributed by atoms with E-state index in [1.807, 2.05) is 12.2 Å². The van der Waals surface area contributed by atoms with E-state index in [1.54, 1.807) is 0 Å². The number of hydrogen-bond donors (Lipinski definition) is 0. The van der Waals surface area contributed by atoms with Crippen LogP contribution in [0.2, 0.25) is 0 Å². The fraction of sp³-hybridized carbons (Fsp3) is 0.667. The summed E-state index contributed by atoms with van der Waals surface area (Å²) in [7, 11) is 0. The largest absolute Gasteiger partial charge is 0.498 e. The zero-order valence-corrected chi connectivity index (χ0v) is 9.21. The van der Waals surface area contributed by atoms with Crippen molar-refractivity contribution in [3.8, 4) is 0 Å². The molecule has 14 heavy (non-hydrogen) atoms. The van der Waals surface area contributed by atoms with Gasteiger partial charge in [0.1, 0.15) is 0 Å². The Morgan fingerprint density at radius 1 is 0.929 bits per heavy atom. The molecule has 0 aromatic heterocycles. The molecule has 1 aliphatic rings. The smallest absolute Gasteiger partial charge is 0.0965 e. The van der Waals surface area contributed by atoms with E-state index < -0.39 is 0 Å². The second-order valence-electron chi connectivity index (χ2n) is 3.46. The van der Waals surface area contributed by atoms with Crippen molar-refractivity contribution in [2.45, 2.75) is 39.5 Å². The van der Waals surface area contributed by atoms with Crippen molar-refractivity contribution in [1.29, 1.82) is 0 Å². The molecule has 1 aliphatic carbocycles. The van der Waals surface area contributed by atoms with Crippen LogP contribution in [-0.2, 0) is 9.47 Å². The van der Waals surface area contributed by atoms with Crippen LogP contribution in [0.3, 0.4) is 0 Å². The lowest BCUT2D eigenvalue weighted by molar-refractivity contribution is 0.176. The van der Waals surface area contributed by atoms with Gasteiger partial charge in [-0.1, -0.05) is 13.8 Å². The lowest BCUT2D eigenvalue weighted by Gasteiger charge is -2.15. The van der Waals surface area contributed by atoms with E-state index in [0.29, 0.717) is 0 Å². The zero-order valence-electron chi connectivity index (χ0n) is 9.21. The first-order chi connectivity index (χ1) is 6.86. The Kier molecular flexibility index (Phi) is 5.20. The topological polar surface area (TPSA) is 18.5 Å². The van der Waals surface area contributed by atoms with Crippen molar-refractivity contribution in [2.24, 2.45) is 0 Å². The Labute approximate surface area is 86.6 Å². The minimum atomic E-state index is 0.824. The molecular formula is C12H20O2. The van der Waals surface area contributed by atoms with Crippen LogP contribution in [-0.4, -0.2) is 13.2 Å². The standard InChI is InChI=1S/C12H20O2/c1-3-9-13-11-5-7-12(8-6-11)14-10-4-2/h5,7H,3-4,6,8-10H2,1-2H3. The second-order valence-corrected chi connectivity index (χ2v) is 3.46. The molecule has 0 saturated heterocycles. The minimum Gasteiger partial charge on any atom is -0.498 e. The maximum Gasteiger partial charge on any atom is 0.0965 e. The Morgan fingerprint density at radius 2 is 1.36 bits per heavy atom. The predicted octanol–water partition coefficient (Wildman–Crippen LogP) is 3.40. The van der Waals surface area contributed by atoms with Crippen LogP contribution in [0.4, 0.5) is 0 Å². The summed E-state index contributed by atoms with van der Waals surface area (Å²) in [4.78, 5) is 0. The molecule has 0 bridgehead atoms. The average molecular weight is 196 g/mol. The zero-order chi connectivity index (χ0) is 10.2. The Hall–Kier alpha value is -0.920. The molecular weight excluding hydrogens is 176 g/mol. The molecule has 0 saturated carbocycles. The fourth-order valence-corrected chi connectivity index (χ4v) is 1.31. The molecule has 0 unspecified atom stereocenters.